The molecule has 122 valence electrons. The van der Waals surface area contributed by atoms with Gasteiger partial charge in [-0.05, 0) is 37.6 Å². The van der Waals surface area contributed by atoms with Gasteiger partial charge < -0.3 is 15.2 Å². The molecular weight excluding hydrogens is 300 g/mol. The number of nitrogens with one attached hydrogen (secondary N) is 1. The summed E-state index contributed by atoms with van der Waals surface area (Å²) in [6.45, 7) is 3.41. The Labute approximate surface area is 133 Å². The van der Waals surface area contributed by atoms with E-state index >= 15 is 0 Å². The molecule has 0 aromatic heterocycles. The zero-order valence-corrected chi connectivity index (χ0v) is 12.9. The molecule has 0 radical (unpaired) electrons. The Morgan fingerprint density at radius 2 is 1.91 bits per heavy atom. The van der Waals surface area contributed by atoms with Crippen LogP contribution < -0.4 is 5.32 Å². The summed E-state index contributed by atoms with van der Waals surface area (Å²) in [5, 5.41) is 20.3. The van der Waals surface area contributed by atoms with Crippen molar-refractivity contribution in [3.8, 4) is 6.07 Å². The third-order valence-electron chi connectivity index (χ3n) is 3.16. The number of amides is 1. The summed E-state index contributed by atoms with van der Waals surface area (Å²) < 4.78 is 4.82. The minimum absolute atomic E-state index is 0.0732. The van der Waals surface area contributed by atoms with Gasteiger partial charge in [-0.25, -0.2) is 4.79 Å². The summed E-state index contributed by atoms with van der Waals surface area (Å²) in [6, 6.07) is 6.51. The second-order valence-corrected chi connectivity index (χ2v) is 4.94. The van der Waals surface area contributed by atoms with Crippen LogP contribution in [0.5, 0.6) is 0 Å². The molecule has 0 unspecified atom stereocenters. The maximum absolute atomic E-state index is 12.1. The van der Waals surface area contributed by atoms with Gasteiger partial charge in [0.25, 0.3) is 5.91 Å². The van der Waals surface area contributed by atoms with Crippen molar-refractivity contribution in [3.05, 3.63) is 35.4 Å². The molecule has 0 aliphatic rings. The van der Waals surface area contributed by atoms with Gasteiger partial charge in [-0.15, -0.1) is 0 Å². The minimum atomic E-state index is -1.23. The lowest BCUT2D eigenvalue weighted by atomic mass is 10.0. The van der Waals surface area contributed by atoms with E-state index in [-0.39, 0.29) is 18.6 Å². The first-order valence-corrected chi connectivity index (χ1v) is 7.09. The van der Waals surface area contributed by atoms with E-state index in [1.54, 1.807) is 13.8 Å². The molecule has 1 aromatic carbocycles. The molecule has 1 amide bonds. The van der Waals surface area contributed by atoms with Gasteiger partial charge in [0, 0.05) is 5.56 Å². The van der Waals surface area contributed by atoms with Crippen LogP contribution in [0.25, 0.3) is 0 Å². The van der Waals surface area contributed by atoms with Gasteiger partial charge >= 0.3 is 11.9 Å². The van der Waals surface area contributed by atoms with Crippen LogP contribution in [0, 0.1) is 17.2 Å². The number of rotatable bonds is 7. The maximum Gasteiger partial charge on any atom is 0.326 e. The third kappa shape index (κ3) is 5.43. The first-order valence-electron chi connectivity index (χ1n) is 7.09. The molecule has 0 fully saturated rings. The fourth-order valence-electron chi connectivity index (χ4n) is 1.89. The fourth-order valence-corrected chi connectivity index (χ4v) is 1.89. The van der Waals surface area contributed by atoms with Crippen LogP contribution in [0.3, 0.4) is 0 Å². The predicted molar refractivity (Wildman–Crippen MR) is 80.5 cm³/mol. The molecule has 23 heavy (non-hydrogen) atoms. The highest BCUT2D eigenvalue weighted by Crippen LogP contribution is 2.10. The molecule has 2 N–H and O–H groups in total. The van der Waals surface area contributed by atoms with Crippen LogP contribution in [-0.4, -0.2) is 35.6 Å². The van der Waals surface area contributed by atoms with Gasteiger partial charge in [0.2, 0.25) is 0 Å². The first-order chi connectivity index (χ1) is 10.9. The summed E-state index contributed by atoms with van der Waals surface area (Å²) in [4.78, 5) is 34.9. The van der Waals surface area contributed by atoms with Crippen LogP contribution in [-0.2, 0) is 14.3 Å². The summed E-state index contributed by atoms with van der Waals surface area (Å²) in [5.74, 6) is -2.98. The quantitative estimate of drug-likeness (QED) is 0.733. The van der Waals surface area contributed by atoms with Crippen molar-refractivity contribution in [1.82, 2.24) is 5.32 Å². The topological polar surface area (TPSA) is 116 Å². The lowest BCUT2D eigenvalue weighted by molar-refractivity contribution is -0.148. The Bertz CT molecular complexity index is 618. The van der Waals surface area contributed by atoms with Crippen molar-refractivity contribution in [2.24, 2.45) is 5.92 Å². The smallest absolute Gasteiger partial charge is 0.326 e. The van der Waals surface area contributed by atoms with E-state index in [2.05, 4.69) is 5.32 Å². The van der Waals surface area contributed by atoms with Crippen molar-refractivity contribution in [2.45, 2.75) is 26.3 Å². The lowest BCUT2D eigenvalue weighted by Crippen LogP contribution is -2.42. The van der Waals surface area contributed by atoms with E-state index in [0.29, 0.717) is 5.56 Å². The van der Waals surface area contributed by atoms with Crippen molar-refractivity contribution >= 4 is 17.8 Å². The molecule has 2 atom stereocenters. The van der Waals surface area contributed by atoms with Crippen LogP contribution in [0.15, 0.2) is 24.3 Å². The van der Waals surface area contributed by atoms with Crippen LogP contribution in [0.4, 0.5) is 0 Å². The van der Waals surface area contributed by atoms with Gasteiger partial charge in [-0.1, -0.05) is 6.92 Å². The number of hydrogen-bond donors (Lipinski definition) is 2. The molecule has 0 aliphatic heterocycles. The zero-order chi connectivity index (χ0) is 17.4. The Hall–Kier alpha value is -2.88. The van der Waals surface area contributed by atoms with Crippen LogP contribution >= 0.6 is 0 Å². The largest absolute Gasteiger partial charge is 0.480 e. The molecule has 7 nitrogen and oxygen atoms in total. The number of esters is 1. The summed E-state index contributed by atoms with van der Waals surface area (Å²) in [5.41, 5.74) is 0.631. The molecule has 7 heteroatoms. The van der Waals surface area contributed by atoms with E-state index in [1.807, 2.05) is 6.07 Å². The van der Waals surface area contributed by atoms with E-state index in [0.717, 1.165) is 0 Å². The molecule has 0 heterocycles. The van der Waals surface area contributed by atoms with Gasteiger partial charge in [0.15, 0.2) is 0 Å². The molecule has 1 aromatic rings. The van der Waals surface area contributed by atoms with Gasteiger partial charge in [-0.3, -0.25) is 9.59 Å². The van der Waals surface area contributed by atoms with Crippen LogP contribution in [0.1, 0.15) is 36.2 Å². The molecule has 0 spiro atoms. The average Bonchev–Trinajstić information content (AvgIpc) is 2.54. The van der Waals surface area contributed by atoms with E-state index in [1.165, 1.54) is 24.3 Å². The van der Waals surface area contributed by atoms with Crippen molar-refractivity contribution in [3.63, 3.8) is 0 Å². The zero-order valence-electron chi connectivity index (χ0n) is 12.9. The highest BCUT2D eigenvalue weighted by atomic mass is 16.5. The minimum Gasteiger partial charge on any atom is -0.480 e. The van der Waals surface area contributed by atoms with Crippen LogP contribution in [0.2, 0.25) is 0 Å². The number of carboxylic acid groups (broad SMARTS) is 1. The highest BCUT2D eigenvalue weighted by Gasteiger charge is 2.26. The molecular formula is C16H18N2O5. The number of nitrogens with zero attached hydrogens (tertiary/aromatic N) is 1. The SMILES string of the molecule is CCOC(=O)[C@H](C)C[C@H](NC(=O)c1ccc(C#N)cc1)C(=O)O. The highest BCUT2D eigenvalue weighted by molar-refractivity contribution is 5.96. The number of benzene rings is 1. The molecule has 0 aliphatic carbocycles. The molecule has 0 saturated heterocycles. The molecule has 1 rings (SSSR count). The first kappa shape index (κ1) is 18.2. The number of carboxylic acids is 1. The Kier molecular flexibility index (Phi) is 6.74. The second-order valence-electron chi connectivity index (χ2n) is 4.94. The van der Waals surface area contributed by atoms with E-state index in [4.69, 9.17) is 10.00 Å². The number of carbonyl (C=O) groups excluding carboxylic acids is 2. The number of aliphatic carboxylic acids is 1. The Morgan fingerprint density at radius 3 is 2.39 bits per heavy atom. The standard InChI is InChI=1S/C16H18N2O5/c1-3-23-16(22)10(2)8-13(15(20)21)18-14(19)12-6-4-11(9-17)5-7-12/h4-7,10,13H,3,8H2,1-2H3,(H,18,19)(H,20,21)/t10-,13+/m1/s1. The average molecular weight is 318 g/mol. The lowest BCUT2D eigenvalue weighted by Gasteiger charge is -2.18. The van der Waals surface area contributed by atoms with E-state index in [9.17, 15) is 19.5 Å². The summed E-state index contributed by atoms with van der Waals surface area (Å²) in [6.07, 6.45) is -0.0732. The number of ether oxygens (including phenoxy) is 1. The predicted octanol–water partition coefficient (Wildman–Crippen LogP) is 1.33. The normalized spacial score (nSPS) is 12.6. The fraction of sp³-hybridized carbons (Fsp3) is 0.375. The Balaban J connectivity index is 2.75. The summed E-state index contributed by atoms with van der Waals surface area (Å²) >= 11 is 0. The van der Waals surface area contributed by atoms with Crippen molar-refractivity contribution < 1.29 is 24.2 Å². The van der Waals surface area contributed by atoms with Gasteiger partial charge in [0.05, 0.1) is 24.2 Å². The molecule has 0 bridgehead atoms. The summed E-state index contributed by atoms with van der Waals surface area (Å²) in [7, 11) is 0. The third-order valence-corrected chi connectivity index (χ3v) is 3.16. The number of nitriles is 1. The monoisotopic (exact) mass is 318 g/mol. The number of hydrogen-bond acceptors (Lipinski definition) is 5. The van der Waals surface area contributed by atoms with Gasteiger partial charge in [-0.2, -0.15) is 5.26 Å². The maximum atomic E-state index is 12.1. The number of carbonyl (C=O) groups is 3. The van der Waals surface area contributed by atoms with Gasteiger partial charge in [0.1, 0.15) is 6.04 Å². The Morgan fingerprint density at radius 1 is 1.30 bits per heavy atom. The molecule has 0 saturated carbocycles. The van der Waals surface area contributed by atoms with Crippen molar-refractivity contribution in [1.29, 1.82) is 5.26 Å². The van der Waals surface area contributed by atoms with Crippen molar-refractivity contribution in [2.75, 3.05) is 6.61 Å². The second kappa shape index (κ2) is 8.54. The van der Waals surface area contributed by atoms with E-state index < -0.39 is 29.8 Å².